The molecule has 2 nitrogen and oxygen atoms in total. The van der Waals surface area contributed by atoms with E-state index in [0.717, 1.165) is 19.4 Å². The monoisotopic (exact) mass is 230 g/mol. The zero-order valence-corrected chi connectivity index (χ0v) is 9.81. The molecule has 0 aliphatic rings. The summed E-state index contributed by atoms with van der Waals surface area (Å²) in [4.78, 5) is 1.94. The van der Waals surface area contributed by atoms with Crippen LogP contribution in [0.15, 0.2) is 12.1 Å². The minimum atomic E-state index is -0.427. The fourth-order valence-electron chi connectivity index (χ4n) is 1.40. The zero-order valence-electron chi connectivity index (χ0n) is 9.06. The fraction of sp³-hybridized carbons (Fsp3) is 0.455. The molecule has 0 aliphatic carbocycles. The van der Waals surface area contributed by atoms with Crippen molar-refractivity contribution in [2.24, 2.45) is 0 Å². The smallest absolute Gasteiger partial charge is 0.144 e. The SMILES string of the molecule is CCCCN(C)c1cc(F)c(Cl)cc1N. The van der Waals surface area contributed by atoms with Crippen LogP contribution in [0.2, 0.25) is 5.02 Å². The van der Waals surface area contributed by atoms with E-state index in [2.05, 4.69) is 6.92 Å². The van der Waals surface area contributed by atoms with Gasteiger partial charge in [-0.15, -0.1) is 0 Å². The Hall–Kier alpha value is -0.960. The van der Waals surface area contributed by atoms with Gasteiger partial charge in [0.1, 0.15) is 5.82 Å². The molecule has 15 heavy (non-hydrogen) atoms. The zero-order chi connectivity index (χ0) is 11.4. The van der Waals surface area contributed by atoms with E-state index in [1.807, 2.05) is 11.9 Å². The summed E-state index contributed by atoms with van der Waals surface area (Å²) in [5.74, 6) is -0.427. The van der Waals surface area contributed by atoms with Crippen molar-refractivity contribution in [1.82, 2.24) is 0 Å². The predicted molar refractivity (Wildman–Crippen MR) is 64.0 cm³/mol. The van der Waals surface area contributed by atoms with Crippen molar-refractivity contribution in [1.29, 1.82) is 0 Å². The van der Waals surface area contributed by atoms with Crippen molar-refractivity contribution in [2.75, 3.05) is 24.2 Å². The molecule has 0 bridgehead atoms. The van der Waals surface area contributed by atoms with Gasteiger partial charge in [-0.05, 0) is 12.5 Å². The Morgan fingerprint density at radius 2 is 2.13 bits per heavy atom. The number of nitrogens with two attached hydrogens (primary N) is 1. The van der Waals surface area contributed by atoms with Crippen molar-refractivity contribution in [3.05, 3.63) is 23.0 Å². The van der Waals surface area contributed by atoms with E-state index in [1.54, 1.807) is 0 Å². The van der Waals surface area contributed by atoms with E-state index in [1.165, 1.54) is 12.1 Å². The topological polar surface area (TPSA) is 29.3 Å². The molecule has 0 aromatic heterocycles. The van der Waals surface area contributed by atoms with Crippen LogP contribution >= 0.6 is 11.6 Å². The third kappa shape index (κ3) is 2.99. The highest BCUT2D eigenvalue weighted by atomic mass is 35.5. The van der Waals surface area contributed by atoms with Gasteiger partial charge in [0, 0.05) is 19.7 Å². The van der Waals surface area contributed by atoms with Gasteiger partial charge in [-0.1, -0.05) is 24.9 Å². The number of hydrogen-bond acceptors (Lipinski definition) is 2. The molecular formula is C11H16ClFN2. The van der Waals surface area contributed by atoms with E-state index in [-0.39, 0.29) is 5.02 Å². The molecule has 84 valence electrons. The van der Waals surface area contributed by atoms with Gasteiger partial charge in [-0.25, -0.2) is 4.39 Å². The maximum atomic E-state index is 13.2. The number of nitrogen functional groups attached to an aromatic ring is 1. The Morgan fingerprint density at radius 1 is 1.47 bits per heavy atom. The number of benzene rings is 1. The molecule has 0 saturated heterocycles. The Morgan fingerprint density at radius 3 is 2.73 bits per heavy atom. The molecule has 0 atom stereocenters. The van der Waals surface area contributed by atoms with E-state index in [4.69, 9.17) is 17.3 Å². The Labute approximate surface area is 94.8 Å². The lowest BCUT2D eigenvalue weighted by atomic mass is 10.2. The van der Waals surface area contributed by atoms with Crippen LogP contribution in [0.25, 0.3) is 0 Å². The summed E-state index contributed by atoms with van der Waals surface area (Å²) in [7, 11) is 1.90. The molecule has 0 heterocycles. The van der Waals surface area contributed by atoms with Crippen molar-refractivity contribution in [2.45, 2.75) is 19.8 Å². The Bertz CT molecular complexity index is 342. The van der Waals surface area contributed by atoms with Gasteiger partial charge < -0.3 is 10.6 Å². The van der Waals surface area contributed by atoms with E-state index in [9.17, 15) is 4.39 Å². The van der Waals surface area contributed by atoms with Gasteiger partial charge in [-0.3, -0.25) is 0 Å². The normalized spacial score (nSPS) is 10.4. The minimum Gasteiger partial charge on any atom is -0.397 e. The third-order valence-electron chi connectivity index (χ3n) is 2.33. The summed E-state index contributed by atoms with van der Waals surface area (Å²) in [6.07, 6.45) is 2.15. The largest absolute Gasteiger partial charge is 0.397 e. The highest BCUT2D eigenvalue weighted by molar-refractivity contribution is 6.31. The highest BCUT2D eigenvalue weighted by Gasteiger charge is 2.09. The molecule has 0 amide bonds. The first-order valence-electron chi connectivity index (χ1n) is 5.02. The number of nitrogens with zero attached hydrogens (tertiary/aromatic N) is 1. The third-order valence-corrected chi connectivity index (χ3v) is 2.62. The molecule has 0 saturated carbocycles. The standard InChI is InChI=1S/C11H16ClFN2/c1-3-4-5-15(2)11-7-9(13)8(12)6-10(11)14/h6-7H,3-5,14H2,1-2H3. The van der Waals surface area contributed by atoms with Crippen molar-refractivity contribution >= 4 is 23.0 Å². The number of halogens is 2. The summed E-state index contributed by atoms with van der Waals surface area (Å²) >= 11 is 5.62. The van der Waals surface area contributed by atoms with Gasteiger partial charge in [0.25, 0.3) is 0 Å². The first-order chi connectivity index (χ1) is 7.06. The fourth-order valence-corrected chi connectivity index (χ4v) is 1.57. The first-order valence-corrected chi connectivity index (χ1v) is 5.39. The number of hydrogen-bond donors (Lipinski definition) is 1. The number of unbranched alkanes of at least 4 members (excludes halogenated alkanes) is 1. The second kappa shape index (κ2) is 5.21. The molecule has 1 aromatic carbocycles. The highest BCUT2D eigenvalue weighted by Crippen LogP contribution is 2.28. The van der Waals surface area contributed by atoms with Crippen LogP contribution in [-0.4, -0.2) is 13.6 Å². The van der Waals surface area contributed by atoms with Crippen LogP contribution in [-0.2, 0) is 0 Å². The van der Waals surface area contributed by atoms with Crippen LogP contribution < -0.4 is 10.6 Å². The summed E-state index contributed by atoms with van der Waals surface area (Å²) in [5.41, 5.74) is 6.98. The van der Waals surface area contributed by atoms with E-state index >= 15 is 0 Å². The molecule has 0 fully saturated rings. The van der Waals surface area contributed by atoms with Crippen LogP contribution in [0.1, 0.15) is 19.8 Å². The van der Waals surface area contributed by atoms with Gasteiger partial charge in [0.2, 0.25) is 0 Å². The lowest BCUT2D eigenvalue weighted by molar-refractivity contribution is 0.627. The summed E-state index contributed by atoms with van der Waals surface area (Å²) in [6.45, 7) is 2.97. The second-order valence-electron chi connectivity index (χ2n) is 3.60. The Kier molecular flexibility index (Phi) is 4.21. The lowest BCUT2D eigenvalue weighted by Gasteiger charge is -2.21. The van der Waals surface area contributed by atoms with Crippen LogP contribution in [0, 0.1) is 5.82 Å². The first kappa shape index (κ1) is 12.1. The summed E-state index contributed by atoms with van der Waals surface area (Å²) < 4.78 is 13.2. The van der Waals surface area contributed by atoms with Crippen LogP contribution in [0.5, 0.6) is 0 Å². The molecule has 1 rings (SSSR count). The van der Waals surface area contributed by atoms with Gasteiger partial charge in [-0.2, -0.15) is 0 Å². The maximum absolute atomic E-state index is 13.2. The van der Waals surface area contributed by atoms with E-state index in [0.29, 0.717) is 11.4 Å². The molecule has 2 N–H and O–H groups in total. The number of rotatable bonds is 4. The van der Waals surface area contributed by atoms with Gasteiger partial charge in [0.05, 0.1) is 16.4 Å². The van der Waals surface area contributed by atoms with Gasteiger partial charge in [0.15, 0.2) is 0 Å². The molecule has 0 spiro atoms. The molecule has 0 unspecified atom stereocenters. The summed E-state index contributed by atoms with van der Waals surface area (Å²) in [6, 6.07) is 2.84. The van der Waals surface area contributed by atoms with Crippen LogP contribution in [0.4, 0.5) is 15.8 Å². The average molecular weight is 231 g/mol. The maximum Gasteiger partial charge on any atom is 0.144 e. The number of anilines is 2. The minimum absolute atomic E-state index is 0.0696. The molecule has 1 aromatic rings. The summed E-state index contributed by atoms with van der Waals surface area (Å²) in [5, 5.41) is 0.0696. The van der Waals surface area contributed by atoms with E-state index < -0.39 is 5.82 Å². The molecule has 0 radical (unpaired) electrons. The van der Waals surface area contributed by atoms with Crippen molar-refractivity contribution in [3.8, 4) is 0 Å². The van der Waals surface area contributed by atoms with Gasteiger partial charge >= 0.3 is 0 Å². The molecule has 4 heteroatoms. The van der Waals surface area contributed by atoms with Crippen molar-refractivity contribution in [3.63, 3.8) is 0 Å². The Balaban J connectivity index is 2.88. The average Bonchev–Trinajstić information content (AvgIpc) is 2.20. The van der Waals surface area contributed by atoms with Crippen molar-refractivity contribution < 1.29 is 4.39 Å². The van der Waals surface area contributed by atoms with Crippen LogP contribution in [0.3, 0.4) is 0 Å². The molecular weight excluding hydrogens is 215 g/mol. The quantitative estimate of drug-likeness (QED) is 0.805. The second-order valence-corrected chi connectivity index (χ2v) is 4.01. The lowest BCUT2D eigenvalue weighted by Crippen LogP contribution is -2.19. The molecule has 0 aliphatic heterocycles. The predicted octanol–water partition coefficient (Wildman–Crippen LogP) is 3.30.